The number of benzene rings is 1. The highest BCUT2D eigenvalue weighted by atomic mass is 35.5. The van der Waals surface area contributed by atoms with E-state index in [0.717, 1.165) is 6.42 Å². The summed E-state index contributed by atoms with van der Waals surface area (Å²) in [6, 6.07) is 6.70. The Hall–Kier alpha value is -1.92. The smallest absolute Gasteiger partial charge is 0.241 e. The van der Waals surface area contributed by atoms with E-state index in [1.165, 1.54) is 0 Å². The number of likely N-dealkylation sites (N-methyl/N-ethyl adjacent to an activating group) is 1. The molecule has 1 aromatic heterocycles. The quantitative estimate of drug-likeness (QED) is 0.885. The molecule has 1 aromatic carbocycles. The summed E-state index contributed by atoms with van der Waals surface area (Å²) in [5, 5.41) is 7.26. The molecular weight excluding hydrogens is 304 g/mol. The molecule has 1 N–H and O–H groups in total. The minimum Gasteiger partial charge on any atom is -0.338 e. The van der Waals surface area contributed by atoms with Gasteiger partial charge >= 0.3 is 0 Å². The van der Waals surface area contributed by atoms with E-state index in [4.69, 9.17) is 16.1 Å². The number of rotatable bonds is 6. The van der Waals surface area contributed by atoms with Crippen LogP contribution in [0.4, 0.5) is 5.69 Å². The number of aromatic nitrogens is 2. The van der Waals surface area contributed by atoms with Gasteiger partial charge in [0.15, 0.2) is 5.82 Å². The Morgan fingerprint density at radius 2 is 2.27 bits per heavy atom. The second kappa shape index (κ2) is 7.38. The average Bonchev–Trinajstić information content (AvgIpc) is 2.94. The molecule has 0 unspecified atom stereocenters. The third-order valence-corrected chi connectivity index (χ3v) is 3.58. The molecule has 2 aromatic rings. The van der Waals surface area contributed by atoms with Crippen molar-refractivity contribution in [3.8, 4) is 0 Å². The number of aryl methyl sites for hydroxylation is 1. The van der Waals surface area contributed by atoms with Crippen molar-refractivity contribution < 1.29 is 9.32 Å². The molecule has 0 bridgehead atoms. The minimum atomic E-state index is -0.351. The summed E-state index contributed by atoms with van der Waals surface area (Å²) in [6.45, 7) is 4.19. The van der Waals surface area contributed by atoms with Gasteiger partial charge in [-0.3, -0.25) is 9.69 Å². The van der Waals surface area contributed by atoms with E-state index in [1.54, 1.807) is 24.3 Å². The number of amides is 1. The van der Waals surface area contributed by atoms with Gasteiger partial charge in [-0.25, -0.2) is 0 Å². The predicted octanol–water partition coefficient (Wildman–Crippen LogP) is 2.74. The zero-order valence-corrected chi connectivity index (χ0v) is 13.6. The highest BCUT2D eigenvalue weighted by Gasteiger charge is 2.20. The fourth-order valence-electron chi connectivity index (χ4n) is 1.86. The fourth-order valence-corrected chi connectivity index (χ4v) is 2.05. The van der Waals surface area contributed by atoms with Crippen molar-refractivity contribution in [2.75, 3.05) is 12.4 Å². The average molecular weight is 323 g/mol. The SMILES string of the molecule is CCc1noc(CN(C)[C@H](C)C(=O)Nc2cccc(Cl)c2)n1. The molecule has 0 fully saturated rings. The first kappa shape index (κ1) is 16.5. The van der Waals surface area contributed by atoms with E-state index in [0.29, 0.717) is 29.0 Å². The van der Waals surface area contributed by atoms with Crippen LogP contribution in [-0.4, -0.2) is 34.0 Å². The van der Waals surface area contributed by atoms with Crippen molar-refractivity contribution in [2.24, 2.45) is 0 Å². The number of anilines is 1. The fraction of sp³-hybridized carbons (Fsp3) is 0.400. The lowest BCUT2D eigenvalue weighted by Crippen LogP contribution is -2.39. The monoisotopic (exact) mass is 322 g/mol. The highest BCUT2D eigenvalue weighted by Crippen LogP contribution is 2.15. The second-order valence-corrected chi connectivity index (χ2v) is 5.49. The Kier molecular flexibility index (Phi) is 5.51. The molecule has 22 heavy (non-hydrogen) atoms. The van der Waals surface area contributed by atoms with Crippen LogP contribution in [0, 0.1) is 0 Å². The molecule has 7 heteroatoms. The van der Waals surface area contributed by atoms with Crippen molar-refractivity contribution in [2.45, 2.75) is 32.9 Å². The Balaban J connectivity index is 1.94. The molecule has 0 aliphatic carbocycles. The Bertz CT molecular complexity index is 644. The van der Waals surface area contributed by atoms with Crippen LogP contribution in [-0.2, 0) is 17.8 Å². The molecule has 1 atom stereocenters. The van der Waals surface area contributed by atoms with Crippen LogP contribution in [0.1, 0.15) is 25.6 Å². The number of nitrogens with one attached hydrogen (secondary N) is 1. The van der Waals surface area contributed by atoms with E-state index in [-0.39, 0.29) is 11.9 Å². The Morgan fingerprint density at radius 1 is 1.50 bits per heavy atom. The molecule has 6 nitrogen and oxygen atoms in total. The van der Waals surface area contributed by atoms with Gasteiger partial charge in [0.1, 0.15) is 0 Å². The molecule has 0 aliphatic rings. The molecule has 2 rings (SSSR count). The van der Waals surface area contributed by atoms with Crippen LogP contribution in [0.5, 0.6) is 0 Å². The van der Waals surface area contributed by atoms with Crippen LogP contribution in [0.3, 0.4) is 0 Å². The van der Waals surface area contributed by atoms with Gasteiger partial charge in [0.25, 0.3) is 0 Å². The molecule has 118 valence electrons. The van der Waals surface area contributed by atoms with Gasteiger partial charge in [0, 0.05) is 17.1 Å². The van der Waals surface area contributed by atoms with Crippen molar-refractivity contribution in [3.05, 3.63) is 41.0 Å². The summed E-state index contributed by atoms with van der Waals surface area (Å²) < 4.78 is 5.14. The highest BCUT2D eigenvalue weighted by molar-refractivity contribution is 6.30. The summed E-state index contributed by atoms with van der Waals surface area (Å²) in [5.74, 6) is 1.04. The zero-order valence-electron chi connectivity index (χ0n) is 12.8. The van der Waals surface area contributed by atoms with Crippen molar-refractivity contribution in [3.63, 3.8) is 0 Å². The number of nitrogens with zero attached hydrogens (tertiary/aromatic N) is 3. The topological polar surface area (TPSA) is 71.3 Å². The number of carbonyl (C=O) groups is 1. The lowest BCUT2D eigenvalue weighted by Gasteiger charge is -2.22. The maximum absolute atomic E-state index is 12.3. The maximum atomic E-state index is 12.3. The van der Waals surface area contributed by atoms with Crippen molar-refractivity contribution in [1.29, 1.82) is 0 Å². The van der Waals surface area contributed by atoms with Gasteiger partial charge in [0.05, 0.1) is 12.6 Å². The molecule has 1 heterocycles. The van der Waals surface area contributed by atoms with E-state index >= 15 is 0 Å². The lowest BCUT2D eigenvalue weighted by molar-refractivity contribution is -0.120. The molecule has 0 spiro atoms. The number of hydrogen-bond donors (Lipinski definition) is 1. The largest absolute Gasteiger partial charge is 0.338 e. The second-order valence-electron chi connectivity index (χ2n) is 5.05. The normalized spacial score (nSPS) is 12.4. The molecular formula is C15H19ClN4O2. The number of hydrogen-bond acceptors (Lipinski definition) is 5. The van der Waals surface area contributed by atoms with Crippen molar-refractivity contribution >= 4 is 23.2 Å². The van der Waals surface area contributed by atoms with Crippen LogP contribution >= 0.6 is 11.6 Å². The summed E-state index contributed by atoms with van der Waals surface area (Å²) >= 11 is 5.90. The maximum Gasteiger partial charge on any atom is 0.241 e. The predicted molar refractivity (Wildman–Crippen MR) is 84.7 cm³/mol. The van der Waals surface area contributed by atoms with Crippen LogP contribution in [0.2, 0.25) is 5.02 Å². The summed E-state index contributed by atoms with van der Waals surface area (Å²) in [5.41, 5.74) is 0.670. The van der Waals surface area contributed by atoms with Gasteiger partial charge in [0.2, 0.25) is 11.8 Å². The third kappa shape index (κ3) is 4.29. The van der Waals surface area contributed by atoms with E-state index < -0.39 is 0 Å². The van der Waals surface area contributed by atoms with E-state index in [9.17, 15) is 4.79 Å². The summed E-state index contributed by atoms with van der Waals surface area (Å²) in [4.78, 5) is 18.3. The van der Waals surface area contributed by atoms with Crippen LogP contribution in [0.25, 0.3) is 0 Å². The Morgan fingerprint density at radius 3 is 2.91 bits per heavy atom. The Labute approximate surface area is 134 Å². The number of halogens is 1. The third-order valence-electron chi connectivity index (χ3n) is 3.34. The summed E-state index contributed by atoms with van der Waals surface area (Å²) in [7, 11) is 1.83. The standard InChI is InChI=1S/C15H19ClN4O2/c1-4-13-18-14(22-19-13)9-20(3)10(2)15(21)17-12-7-5-6-11(16)8-12/h5-8,10H,4,9H2,1-3H3,(H,17,21)/t10-/m1/s1. The zero-order chi connectivity index (χ0) is 16.1. The van der Waals surface area contributed by atoms with Crippen molar-refractivity contribution in [1.82, 2.24) is 15.0 Å². The van der Waals surface area contributed by atoms with Crippen LogP contribution < -0.4 is 5.32 Å². The van der Waals surface area contributed by atoms with Crippen LogP contribution in [0.15, 0.2) is 28.8 Å². The minimum absolute atomic E-state index is 0.125. The van der Waals surface area contributed by atoms with Gasteiger partial charge in [-0.05, 0) is 32.2 Å². The van der Waals surface area contributed by atoms with Gasteiger partial charge in [-0.2, -0.15) is 4.98 Å². The molecule has 0 aliphatic heterocycles. The van der Waals surface area contributed by atoms with E-state index in [1.807, 2.05) is 25.8 Å². The first-order valence-corrected chi connectivity index (χ1v) is 7.45. The lowest BCUT2D eigenvalue weighted by atomic mass is 10.2. The molecule has 1 amide bonds. The van der Waals surface area contributed by atoms with Gasteiger partial charge in [-0.15, -0.1) is 0 Å². The molecule has 0 saturated heterocycles. The molecule has 0 saturated carbocycles. The summed E-state index contributed by atoms with van der Waals surface area (Å²) in [6.07, 6.45) is 0.720. The van der Waals surface area contributed by atoms with Gasteiger partial charge in [-0.1, -0.05) is 29.7 Å². The first-order chi connectivity index (χ1) is 10.5. The van der Waals surface area contributed by atoms with Gasteiger partial charge < -0.3 is 9.84 Å². The van der Waals surface area contributed by atoms with E-state index in [2.05, 4.69) is 15.5 Å². The first-order valence-electron chi connectivity index (χ1n) is 7.07. The molecule has 0 radical (unpaired) electrons. The number of carbonyl (C=O) groups excluding carboxylic acids is 1.